The smallest absolute Gasteiger partial charge is 0.270 e. The summed E-state index contributed by atoms with van der Waals surface area (Å²) in [5, 5.41) is 2.84. The van der Waals surface area contributed by atoms with Crippen LogP contribution in [0.1, 0.15) is 17.8 Å². The molecule has 0 aliphatic rings. The van der Waals surface area contributed by atoms with E-state index in [1.165, 1.54) is 0 Å². The summed E-state index contributed by atoms with van der Waals surface area (Å²) in [5.41, 5.74) is 3.92. The van der Waals surface area contributed by atoms with Crippen LogP contribution in [-0.4, -0.2) is 25.3 Å². The first kappa shape index (κ1) is 16.0. The predicted molar refractivity (Wildman–Crippen MR) is 99.2 cm³/mol. The van der Waals surface area contributed by atoms with Crippen molar-refractivity contribution in [1.82, 2.24) is 19.4 Å². The number of amides is 1. The Hall–Kier alpha value is -3.48. The lowest BCUT2D eigenvalue weighted by Crippen LogP contribution is -2.19. The molecule has 7 nitrogen and oxygen atoms in total. The van der Waals surface area contributed by atoms with E-state index in [1.807, 2.05) is 48.0 Å². The van der Waals surface area contributed by atoms with Crippen molar-refractivity contribution in [3.63, 3.8) is 0 Å². The minimum absolute atomic E-state index is 0.171. The summed E-state index contributed by atoms with van der Waals surface area (Å²) in [4.78, 5) is 35.8. The number of hydrogen-bond acceptors (Lipinski definition) is 4. The van der Waals surface area contributed by atoms with Gasteiger partial charge < -0.3 is 14.7 Å². The van der Waals surface area contributed by atoms with Crippen molar-refractivity contribution in [2.24, 2.45) is 0 Å². The van der Waals surface area contributed by atoms with Gasteiger partial charge in [-0.1, -0.05) is 12.1 Å². The molecule has 7 heteroatoms. The van der Waals surface area contributed by atoms with E-state index in [-0.39, 0.29) is 24.3 Å². The van der Waals surface area contributed by atoms with Crippen molar-refractivity contribution in [3.05, 3.63) is 70.5 Å². The fourth-order valence-electron chi connectivity index (χ4n) is 2.88. The number of anilines is 1. The largest absolute Gasteiger partial charge is 0.325 e. The first-order chi connectivity index (χ1) is 12.6. The normalized spacial score (nSPS) is 11.1. The number of carbonyl (C=O) groups is 1. The maximum absolute atomic E-state index is 12.2. The summed E-state index contributed by atoms with van der Waals surface area (Å²) in [6, 6.07) is 11.0. The molecule has 26 heavy (non-hydrogen) atoms. The molecule has 0 atom stereocenters. The van der Waals surface area contributed by atoms with E-state index >= 15 is 0 Å². The molecule has 4 aromatic rings. The van der Waals surface area contributed by atoms with E-state index in [0.29, 0.717) is 22.4 Å². The number of pyridine rings is 1. The standard InChI is InChI=1S/C19H17N5O2/c1-12-10-24-11-13(6-8-17(24)20-12)21-18(25)9-7-16-19(26)23-15-5-3-2-4-14(15)22-16/h2-6,8,10-11H,7,9H2,1H3,(H,21,25)(H,23,26). The Kier molecular flexibility index (Phi) is 3.96. The number of hydrogen-bond donors (Lipinski definition) is 2. The molecule has 0 spiro atoms. The predicted octanol–water partition coefficient (Wildman–Crippen LogP) is 2.45. The van der Waals surface area contributed by atoms with Crippen molar-refractivity contribution < 1.29 is 4.79 Å². The second-order valence-electron chi connectivity index (χ2n) is 6.14. The third-order valence-electron chi connectivity index (χ3n) is 4.11. The number of benzene rings is 1. The van der Waals surface area contributed by atoms with Crippen LogP contribution in [-0.2, 0) is 11.2 Å². The number of nitrogens with zero attached hydrogens (tertiary/aromatic N) is 3. The summed E-state index contributed by atoms with van der Waals surface area (Å²) in [6.07, 6.45) is 4.16. The lowest BCUT2D eigenvalue weighted by atomic mass is 10.2. The summed E-state index contributed by atoms with van der Waals surface area (Å²) < 4.78 is 1.86. The molecule has 1 amide bonds. The summed E-state index contributed by atoms with van der Waals surface area (Å²) in [5.74, 6) is -0.171. The number of H-pyrrole nitrogens is 1. The maximum Gasteiger partial charge on any atom is 0.270 e. The van der Waals surface area contributed by atoms with Crippen LogP contribution in [0.3, 0.4) is 0 Å². The molecule has 0 bridgehead atoms. The van der Waals surface area contributed by atoms with E-state index in [1.54, 1.807) is 12.1 Å². The fourth-order valence-corrected chi connectivity index (χ4v) is 2.88. The van der Waals surface area contributed by atoms with Gasteiger partial charge in [-0.3, -0.25) is 9.59 Å². The van der Waals surface area contributed by atoms with Crippen LogP contribution in [0.5, 0.6) is 0 Å². The van der Waals surface area contributed by atoms with Gasteiger partial charge in [0.1, 0.15) is 11.3 Å². The molecule has 1 aromatic carbocycles. The highest BCUT2D eigenvalue weighted by atomic mass is 16.1. The second kappa shape index (κ2) is 6.44. The highest BCUT2D eigenvalue weighted by Gasteiger charge is 2.09. The van der Waals surface area contributed by atoms with Gasteiger partial charge in [-0.15, -0.1) is 0 Å². The van der Waals surface area contributed by atoms with Gasteiger partial charge in [0.2, 0.25) is 5.91 Å². The van der Waals surface area contributed by atoms with Crippen molar-refractivity contribution in [2.75, 3.05) is 5.32 Å². The molecule has 3 heterocycles. The van der Waals surface area contributed by atoms with Gasteiger partial charge >= 0.3 is 0 Å². The number of fused-ring (bicyclic) bond motifs is 2. The van der Waals surface area contributed by atoms with E-state index in [4.69, 9.17) is 0 Å². The molecule has 0 saturated heterocycles. The number of aromatic nitrogens is 4. The molecule has 0 aliphatic carbocycles. The highest BCUT2D eigenvalue weighted by Crippen LogP contribution is 2.12. The monoisotopic (exact) mass is 347 g/mol. The molecule has 0 saturated carbocycles. The number of aromatic amines is 1. The van der Waals surface area contributed by atoms with Crippen molar-refractivity contribution >= 4 is 28.3 Å². The number of para-hydroxylation sites is 2. The highest BCUT2D eigenvalue weighted by molar-refractivity contribution is 5.90. The van der Waals surface area contributed by atoms with Gasteiger partial charge in [-0.2, -0.15) is 0 Å². The summed E-state index contributed by atoms with van der Waals surface area (Å²) in [6.45, 7) is 1.92. The number of nitrogens with one attached hydrogen (secondary N) is 2. The van der Waals surface area contributed by atoms with Crippen LogP contribution in [0.2, 0.25) is 0 Å². The van der Waals surface area contributed by atoms with E-state index in [2.05, 4.69) is 20.3 Å². The number of imidazole rings is 1. The SMILES string of the molecule is Cc1cn2cc(NC(=O)CCc3nc4ccccc4[nH]c3=O)ccc2n1. The van der Waals surface area contributed by atoms with E-state index < -0.39 is 0 Å². The maximum atomic E-state index is 12.2. The molecule has 4 rings (SSSR count). The lowest BCUT2D eigenvalue weighted by molar-refractivity contribution is -0.116. The van der Waals surface area contributed by atoms with Crippen LogP contribution in [0.15, 0.2) is 53.6 Å². The number of carbonyl (C=O) groups excluding carboxylic acids is 1. The van der Waals surface area contributed by atoms with Gasteiger partial charge in [0, 0.05) is 25.2 Å². The summed E-state index contributed by atoms with van der Waals surface area (Å²) in [7, 11) is 0. The van der Waals surface area contributed by atoms with Crippen molar-refractivity contribution in [3.8, 4) is 0 Å². The molecular weight excluding hydrogens is 330 g/mol. The number of aryl methyl sites for hydroxylation is 2. The molecule has 0 fully saturated rings. The Morgan fingerprint density at radius 3 is 2.88 bits per heavy atom. The minimum Gasteiger partial charge on any atom is -0.325 e. The molecular formula is C19H17N5O2. The molecule has 130 valence electrons. The molecule has 0 aliphatic heterocycles. The van der Waals surface area contributed by atoms with Crippen LogP contribution in [0.25, 0.3) is 16.7 Å². The van der Waals surface area contributed by atoms with Gasteiger partial charge in [0.25, 0.3) is 5.56 Å². The molecule has 2 N–H and O–H groups in total. The van der Waals surface area contributed by atoms with Crippen LogP contribution < -0.4 is 10.9 Å². The third kappa shape index (κ3) is 3.19. The van der Waals surface area contributed by atoms with Crippen molar-refractivity contribution in [1.29, 1.82) is 0 Å². The Balaban J connectivity index is 1.46. The molecule has 0 radical (unpaired) electrons. The molecule has 0 unspecified atom stereocenters. The zero-order valence-electron chi connectivity index (χ0n) is 14.2. The van der Waals surface area contributed by atoms with Gasteiger partial charge in [0.15, 0.2) is 0 Å². The Bertz CT molecular complexity index is 1180. The van der Waals surface area contributed by atoms with E-state index in [9.17, 15) is 9.59 Å². The Morgan fingerprint density at radius 2 is 2.00 bits per heavy atom. The average Bonchev–Trinajstić information content (AvgIpc) is 2.99. The second-order valence-corrected chi connectivity index (χ2v) is 6.14. The summed E-state index contributed by atoms with van der Waals surface area (Å²) >= 11 is 0. The Labute approximate surface area is 148 Å². The Morgan fingerprint density at radius 1 is 1.15 bits per heavy atom. The zero-order chi connectivity index (χ0) is 18.1. The van der Waals surface area contributed by atoms with Crippen LogP contribution in [0.4, 0.5) is 5.69 Å². The van der Waals surface area contributed by atoms with Crippen molar-refractivity contribution in [2.45, 2.75) is 19.8 Å². The number of rotatable bonds is 4. The third-order valence-corrected chi connectivity index (χ3v) is 4.11. The molecule has 3 aromatic heterocycles. The van der Waals surface area contributed by atoms with Gasteiger partial charge in [-0.25, -0.2) is 9.97 Å². The topological polar surface area (TPSA) is 92.1 Å². The fraction of sp³-hybridized carbons (Fsp3) is 0.158. The van der Waals surface area contributed by atoms with Gasteiger partial charge in [-0.05, 0) is 31.2 Å². The lowest BCUT2D eigenvalue weighted by Gasteiger charge is -2.06. The minimum atomic E-state index is -0.258. The van der Waals surface area contributed by atoms with E-state index in [0.717, 1.165) is 11.3 Å². The quantitative estimate of drug-likeness (QED) is 0.593. The van der Waals surface area contributed by atoms with Crippen LogP contribution in [0, 0.1) is 6.92 Å². The van der Waals surface area contributed by atoms with Crippen LogP contribution >= 0.6 is 0 Å². The average molecular weight is 347 g/mol. The first-order valence-corrected chi connectivity index (χ1v) is 8.32. The first-order valence-electron chi connectivity index (χ1n) is 8.32. The van der Waals surface area contributed by atoms with Gasteiger partial charge in [0.05, 0.1) is 22.4 Å². The zero-order valence-corrected chi connectivity index (χ0v) is 14.2.